The van der Waals surface area contributed by atoms with E-state index in [4.69, 9.17) is 4.74 Å². The van der Waals surface area contributed by atoms with E-state index in [1.165, 1.54) is 37.7 Å². The Balaban J connectivity index is 1.56. The number of amides is 1. The molecule has 1 amide bonds. The molecule has 1 heterocycles. The molecule has 1 aromatic rings. The molecule has 1 aliphatic heterocycles. The lowest BCUT2D eigenvalue weighted by Crippen LogP contribution is -2.62. The standard InChI is InChI=1S/C23H37N3O2/c1-4-20-8-10-21(11-9-20)28-19(2)22(27)24-18-23(12-6-5-7-13-23)26-16-14-25(3)15-17-26/h8-11,19H,4-7,12-18H2,1-3H3,(H,24,27)/t19-/m1/s1. The summed E-state index contributed by atoms with van der Waals surface area (Å²) in [5.41, 5.74) is 1.40. The van der Waals surface area contributed by atoms with E-state index in [1.807, 2.05) is 19.1 Å². The maximum atomic E-state index is 12.7. The van der Waals surface area contributed by atoms with Gasteiger partial charge in [0, 0.05) is 38.3 Å². The Morgan fingerprint density at radius 2 is 1.75 bits per heavy atom. The van der Waals surface area contributed by atoms with Crippen molar-refractivity contribution in [3.63, 3.8) is 0 Å². The topological polar surface area (TPSA) is 44.8 Å². The summed E-state index contributed by atoms with van der Waals surface area (Å²) in [7, 11) is 2.19. The van der Waals surface area contributed by atoms with Gasteiger partial charge >= 0.3 is 0 Å². The van der Waals surface area contributed by atoms with Crippen molar-refractivity contribution < 1.29 is 9.53 Å². The summed E-state index contributed by atoms with van der Waals surface area (Å²) in [6.45, 7) is 9.13. The molecular weight excluding hydrogens is 350 g/mol. The zero-order valence-corrected chi connectivity index (χ0v) is 17.9. The summed E-state index contributed by atoms with van der Waals surface area (Å²) in [6, 6.07) is 8.03. The normalized spacial score (nSPS) is 21.8. The number of aryl methyl sites for hydroxylation is 1. The number of nitrogens with zero attached hydrogens (tertiary/aromatic N) is 2. The minimum atomic E-state index is -0.486. The summed E-state index contributed by atoms with van der Waals surface area (Å²) >= 11 is 0. The fourth-order valence-electron chi connectivity index (χ4n) is 4.55. The van der Waals surface area contributed by atoms with Gasteiger partial charge in [-0.1, -0.05) is 38.3 Å². The van der Waals surface area contributed by atoms with E-state index >= 15 is 0 Å². The second-order valence-electron chi connectivity index (χ2n) is 8.55. The summed E-state index contributed by atoms with van der Waals surface area (Å²) < 4.78 is 5.88. The highest BCUT2D eigenvalue weighted by molar-refractivity contribution is 5.80. The highest BCUT2D eigenvalue weighted by Crippen LogP contribution is 2.34. The van der Waals surface area contributed by atoms with Crippen molar-refractivity contribution >= 4 is 5.91 Å². The van der Waals surface area contributed by atoms with Gasteiger partial charge < -0.3 is 15.0 Å². The van der Waals surface area contributed by atoms with Gasteiger partial charge in [0.15, 0.2) is 6.10 Å². The van der Waals surface area contributed by atoms with Gasteiger partial charge in [0.25, 0.3) is 5.91 Å². The zero-order chi connectivity index (χ0) is 20.0. The van der Waals surface area contributed by atoms with Gasteiger partial charge in [0.1, 0.15) is 5.75 Å². The molecule has 5 heteroatoms. The molecule has 28 heavy (non-hydrogen) atoms. The van der Waals surface area contributed by atoms with Crippen LogP contribution in [0.3, 0.4) is 0 Å². The Labute approximate surface area is 170 Å². The lowest BCUT2D eigenvalue weighted by molar-refractivity contribution is -0.128. The summed E-state index contributed by atoms with van der Waals surface area (Å²) in [5.74, 6) is 0.741. The van der Waals surface area contributed by atoms with Crippen LogP contribution in [0.4, 0.5) is 0 Å². The van der Waals surface area contributed by atoms with E-state index < -0.39 is 6.10 Å². The minimum absolute atomic E-state index is 0.0151. The lowest BCUT2D eigenvalue weighted by atomic mass is 9.79. The van der Waals surface area contributed by atoms with Crippen molar-refractivity contribution in [3.05, 3.63) is 29.8 Å². The van der Waals surface area contributed by atoms with Gasteiger partial charge in [-0.05, 0) is 50.9 Å². The molecule has 0 unspecified atom stereocenters. The Kier molecular flexibility index (Phi) is 7.36. The third kappa shape index (κ3) is 5.26. The number of hydrogen-bond acceptors (Lipinski definition) is 4. The SMILES string of the molecule is CCc1ccc(O[C@H](C)C(=O)NCC2(N3CCN(C)CC3)CCCCC2)cc1. The van der Waals surface area contributed by atoms with Crippen LogP contribution >= 0.6 is 0 Å². The number of likely N-dealkylation sites (N-methyl/N-ethyl adjacent to an activating group) is 1. The molecule has 0 radical (unpaired) electrons. The number of piperazine rings is 1. The fourth-order valence-corrected chi connectivity index (χ4v) is 4.55. The van der Waals surface area contributed by atoms with Crippen LogP contribution in [0.5, 0.6) is 5.75 Å². The molecule has 1 aliphatic carbocycles. The van der Waals surface area contributed by atoms with Crippen LogP contribution in [0.1, 0.15) is 51.5 Å². The van der Waals surface area contributed by atoms with Crippen molar-refractivity contribution in [3.8, 4) is 5.75 Å². The molecule has 0 aromatic heterocycles. The van der Waals surface area contributed by atoms with Crippen LogP contribution in [0, 0.1) is 0 Å². The molecule has 1 saturated heterocycles. The summed E-state index contributed by atoms with van der Waals surface area (Å²) in [4.78, 5) is 17.8. The third-order valence-electron chi connectivity index (χ3n) is 6.56. The monoisotopic (exact) mass is 387 g/mol. The first-order chi connectivity index (χ1) is 13.5. The van der Waals surface area contributed by atoms with Crippen LogP contribution in [0.15, 0.2) is 24.3 Å². The number of benzene rings is 1. The molecule has 0 spiro atoms. The van der Waals surface area contributed by atoms with Crippen LogP contribution in [-0.4, -0.2) is 67.1 Å². The molecule has 1 saturated carbocycles. The number of rotatable bonds is 7. The first-order valence-corrected chi connectivity index (χ1v) is 11.0. The highest BCUT2D eigenvalue weighted by Gasteiger charge is 2.39. The van der Waals surface area contributed by atoms with Crippen LogP contribution in [0.2, 0.25) is 0 Å². The number of carbonyl (C=O) groups is 1. The van der Waals surface area contributed by atoms with E-state index in [9.17, 15) is 4.79 Å². The number of ether oxygens (including phenoxy) is 1. The van der Waals surface area contributed by atoms with Crippen molar-refractivity contribution in [1.29, 1.82) is 0 Å². The Morgan fingerprint density at radius 3 is 2.36 bits per heavy atom. The van der Waals surface area contributed by atoms with Gasteiger partial charge in [-0.3, -0.25) is 9.69 Å². The first-order valence-electron chi connectivity index (χ1n) is 11.0. The average Bonchev–Trinajstić information content (AvgIpc) is 2.73. The second kappa shape index (κ2) is 9.75. The van der Waals surface area contributed by atoms with Crippen LogP contribution in [0.25, 0.3) is 0 Å². The maximum absolute atomic E-state index is 12.7. The van der Waals surface area contributed by atoms with Gasteiger partial charge in [-0.15, -0.1) is 0 Å². The quantitative estimate of drug-likeness (QED) is 0.781. The molecule has 5 nitrogen and oxygen atoms in total. The fraction of sp³-hybridized carbons (Fsp3) is 0.696. The number of nitrogens with one attached hydrogen (secondary N) is 1. The highest BCUT2D eigenvalue weighted by atomic mass is 16.5. The van der Waals surface area contributed by atoms with Gasteiger partial charge in [-0.2, -0.15) is 0 Å². The molecule has 1 aromatic carbocycles. The molecular formula is C23H37N3O2. The lowest BCUT2D eigenvalue weighted by Gasteiger charge is -2.49. The molecule has 2 aliphatic rings. The summed E-state index contributed by atoms with van der Waals surface area (Å²) in [6.07, 6.45) is 6.73. The Hall–Kier alpha value is -1.59. The second-order valence-corrected chi connectivity index (χ2v) is 8.55. The van der Waals surface area contributed by atoms with Gasteiger partial charge in [-0.25, -0.2) is 0 Å². The molecule has 0 bridgehead atoms. The van der Waals surface area contributed by atoms with Crippen molar-refractivity contribution in [2.24, 2.45) is 0 Å². The van der Waals surface area contributed by atoms with E-state index in [2.05, 4.69) is 41.2 Å². The van der Waals surface area contributed by atoms with Crippen molar-refractivity contribution in [1.82, 2.24) is 15.1 Å². The predicted molar refractivity (Wildman–Crippen MR) is 114 cm³/mol. The van der Waals surface area contributed by atoms with Crippen molar-refractivity contribution in [2.45, 2.75) is 64.0 Å². The molecule has 1 N–H and O–H groups in total. The molecule has 2 fully saturated rings. The van der Waals surface area contributed by atoms with Crippen molar-refractivity contribution in [2.75, 3.05) is 39.8 Å². The first kappa shape index (κ1) is 21.1. The van der Waals surface area contributed by atoms with Crippen LogP contribution in [-0.2, 0) is 11.2 Å². The van der Waals surface area contributed by atoms with E-state index in [0.717, 1.165) is 44.9 Å². The maximum Gasteiger partial charge on any atom is 0.260 e. The average molecular weight is 388 g/mol. The van der Waals surface area contributed by atoms with Gasteiger partial charge in [0.2, 0.25) is 0 Å². The predicted octanol–water partition coefficient (Wildman–Crippen LogP) is 3.08. The minimum Gasteiger partial charge on any atom is -0.481 e. The Morgan fingerprint density at radius 1 is 1.11 bits per heavy atom. The largest absolute Gasteiger partial charge is 0.481 e. The summed E-state index contributed by atoms with van der Waals surface area (Å²) in [5, 5.41) is 3.23. The zero-order valence-electron chi connectivity index (χ0n) is 17.9. The van der Waals surface area contributed by atoms with E-state index in [-0.39, 0.29) is 11.4 Å². The number of hydrogen-bond donors (Lipinski definition) is 1. The van der Waals surface area contributed by atoms with E-state index in [0.29, 0.717) is 0 Å². The molecule has 3 rings (SSSR count). The molecule has 156 valence electrons. The number of carbonyl (C=O) groups excluding carboxylic acids is 1. The van der Waals surface area contributed by atoms with E-state index in [1.54, 1.807) is 0 Å². The third-order valence-corrected chi connectivity index (χ3v) is 6.56. The smallest absolute Gasteiger partial charge is 0.260 e. The molecule has 1 atom stereocenters. The van der Waals surface area contributed by atoms with Crippen LogP contribution < -0.4 is 10.1 Å². The van der Waals surface area contributed by atoms with Gasteiger partial charge in [0.05, 0.1) is 0 Å². The Bertz CT molecular complexity index is 617.